The molecule has 202 valence electrons. The summed E-state index contributed by atoms with van der Waals surface area (Å²) < 4.78 is 11.1. The Morgan fingerprint density at radius 2 is 1.67 bits per heavy atom. The SMILES string of the molecule is Cc1ccc(NC(=O)c2ccc3c(c2)OCCO3)cc1NC(=O)c1ccc2c(c1)CCC(CN(C)C(=O)O)N2. The van der Waals surface area contributed by atoms with Crippen LogP contribution in [0, 0.1) is 6.92 Å². The van der Waals surface area contributed by atoms with Crippen LogP contribution in [0.3, 0.4) is 0 Å². The number of carbonyl (C=O) groups is 3. The number of ether oxygens (including phenoxy) is 2. The number of fused-ring (bicyclic) bond motifs is 2. The molecule has 5 rings (SSSR count). The number of amides is 3. The topological polar surface area (TPSA) is 129 Å². The number of nitrogens with one attached hydrogen (secondary N) is 3. The van der Waals surface area contributed by atoms with Gasteiger partial charge in [0.2, 0.25) is 0 Å². The van der Waals surface area contributed by atoms with Gasteiger partial charge in [0.1, 0.15) is 13.2 Å². The summed E-state index contributed by atoms with van der Waals surface area (Å²) in [6.07, 6.45) is 0.541. The molecule has 0 aromatic heterocycles. The van der Waals surface area contributed by atoms with E-state index in [1.54, 1.807) is 43.4 Å². The van der Waals surface area contributed by atoms with E-state index in [0.29, 0.717) is 53.8 Å². The lowest BCUT2D eigenvalue weighted by molar-refractivity contribution is 0.101. The van der Waals surface area contributed by atoms with Crippen LogP contribution in [0.4, 0.5) is 21.9 Å². The lowest BCUT2D eigenvalue weighted by Gasteiger charge is -2.29. The first-order valence-electron chi connectivity index (χ1n) is 12.7. The van der Waals surface area contributed by atoms with Crippen LogP contribution in [-0.4, -0.2) is 60.8 Å². The summed E-state index contributed by atoms with van der Waals surface area (Å²) in [5, 5.41) is 18.3. The molecule has 2 aliphatic heterocycles. The molecule has 0 bridgehead atoms. The Hall–Kier alpha value is -4.73. The molecule has 0 saturated carbocycles. The number of hydrogen-bond acceptors (Lipinski definition) is 6. The van der Waals surface area contributed by atoms with Gasteiger partial charge in [-0.1, -0.05) is 6.07 Å². The Bertz CT molecular complexity index is 1440. The molecule has 0 radical (unpaired) electrons. The average molecular weight is 531 g/mol. The maximum absolute atomic E-state index is 13.1. The third kappa shape index (κ3) is 5.90. The molecule has 1 atom stereocenters. The lowest BCUT2D eigenvalue weighted by atomic mass is 9.96. The normalized spacial score (nSPS) is 15.4. The third-order valence-corrected chi connectivity index (χ3v) is 6.86. The summed E-state index contributed by atoms with van der Waals surface area (Å²) in [6, 6.07) is 15.9. The van der Waals surface area contributed by atoms with Gasteiger partial charge < -0.3 is 35.4 Å². The van der Waals surface area contributed by atoms with Crippen molar-refractivity contribution in [1.82, 2.24) is 4.90 Å². The maximum atomic E-state index is 13.1. The van der Waals surface area contributed by atoms with E-state index in [4.69, 9.17) is 14.6 Å². The van der Waals surface area contributed by atoms with Gasteiger partial charge in [-0.2, -0.15) is 0 Å². The molecule has 0 fully saturated rings. The van der Waals surface area contributed by atoms with E-state index in [9.17, 15) is 14.4 Å². The minimum atomic E-state index is -0.961. The zero-order chi connectivity index (χ0) is 27.5. The summed E-state index contributed by atoms with van der Waals surface area (Å²) in [4.78, 5) is 38.4. The van der Waals surface area contributed by atoms with Crippen molar-refractivity contribution in [2.24, 2.45) is 0 Å². The first-order valence-corrected chi connectivity index (χ1v) is 12.7. The van der Waals surface area contributed by atoms with Crippen LogP contribution in [0.1, 0.15) is 38.3 Å². The van der Waals surface area contributed by atoms with Crippen molar-refractivity contribution >= 4 is 35.0 Å². The van der Waals surface area contributed by atoms with Gasteiger partial charge in [-0.25, -0.2) is 4.79 Å². The van der Waals surface area contributed by atoms with Gasteiger partial charge in [0.25, 0.3) is 11.8 Å². The fraction of sp³-hybridized carbons (Fsp3) is 0.276. The molecule has 0 saturated heterocycles. The molecule has 39 heavy (non-hydrogen) atoms. The highest BCUT2D eigenvalue weighted by atomic mass is 16.6. The van der Waals surface area contributed by atoms with Crippen molar-refractivity contribution in [3.63, 3.8) is 0 Å². The van der Waals surface area contributed by atoms with Gasteiger partial charge in [-0.3, -0.25) is 9.59 Å². The average Bonchev–Trinajstić information content (AvgIpc) is 2.94. The quantitative estimate of drug-likeness (QED) is 0.366. The van der Waals surface area contributed by atoms with E-state index in [1.165, 1.54) is 4.90 Å². The smallest absolute Gasteiger partial charge is 0.407 e. The molecule has 2 aliphatic rings. The number of aryl methyl sites for hydroxylation is 2. The third-order valence-electron chi connectivity index (χ3n) is 6.86. The summed E-state index contributed by atoms with van der Waals surface area (Å²) >= 11 is 0. The van der Waals surface area contributed by atoms with Crippen LogP contribution < -0.4 is 25.4 Å². The fourth-order valence-electron chi connectivity index (χ4n) is 4.67. The molecule has 3 amide bonds. The Morgan fingerprint density at radius 3 is 2.46 bits per heavy atom. The second-order valence-electron chi connectivity index (χ2n) is 9.71. The Labute approximate surface area is 225 Å². The maximum Gasteiger partial charge on any atom is 0.407 e. The van der Waals surface area contributed by atoms with Crippen LogP contribution in [0.2, 0.25) is 0 Å². The summed E-state index contributed by atoms with van der Waals surface area (Å²) in [7, 11) is 1.55. The minimum Gasteiger partial charge on any atom is -0.486 e. The molecule has 0 aliphatic carbocycles. The minimum absolute atomic E-state index is 0.0149. The number of nitrogens with zero attached hydrogens (tertiary/aromatic N) is 1. The molecule has 1 unspecified atom stereocenters. The Balaban J connectivity index is 1.25. The Morgan fingerprint density at radius 1 is 0.949 bits per heavy atom. The number of carbonyl (C=O) groups excluding carboxylic acids is 2. The van der Waals surface area contributed by atoms with E-state index in [-0.39, 0.29) is 17.9 Å². The largest absolute Gasteiger partial charge is 0.486 e. The van der Waals surface area contributed by atoms with Crippen molar-refractivity contribution < 1.29 is 29.0 Å². The highest BCUT2D eigenvalue weighted by Crippen LogP contribution is 2.31. The molecule has 10 nitrogen and oxygen atoms in total. The standard InChI is InChI=1S/C29H30N4O6/c1-17-3-7-21(31-27(34)20-6-10-25-26(14-20)39-12-11-38-25)15-24(17)32-28(35)19-5-9-23-18(13-19)4-8-22(30-23)16-33(2)29(36)37/h3,5-7,9-10,13-15,22,30H,4,8,11-12,16H2,1-2H3,(H,31,34)(H,32,35)(H,36,37). The van der Waals surface area contributed by atoms with Gasteiger partial charge >= 0.3 is 6.09 Å². The zero-order valence-electron chi connectivity index (χ0n) is 21.7. The number of hydrogen-bond donors (Lipinski definition) is 4. The van der Waals surface area contributed by atoms with Crippen LogP contribution in [0.5, 0.6) is 11.5 Å². The van der Waals surface area contributed by atoms with Crippen molar-refractivity contribution in [1.29, 1.82) is 0 Å². The first kappa shape index (κ1) is 25.9. The summed E-state index contributed by atoms with van der Waals surface area (Å²) in [5.41, 5.74) is 4.85. The van der Waals surface area contributed by atoms with E-state index in [1.807, 2.05) is 25.1 Å². The second-order valence-corrected chi connectivity index (χ2v) is 9.71. The molecular formula is C29H30N4O6. The molecule has 4 N–H and O–H groups in total. The second kappa shape index (κ2) is 10.9. The van der Waals surface area contributed by atoms with E-state index < -0.39 is 6.09 Å². The number of carboxylic acid groups (broad SMARTS) is 1. The number of likely N-dealkylation sites (N-methyl/N-ethyl adjacent to an activating group) is 1. The highest BCUT2D eigenvalue weighted by Gasteiger charge is 2.22. The fourth-order valence-corrected chi connectivity index (χ4v) is 4.67. The predicted molar refractivity (Wildman–Crippen MR) is 147 cm³/mol. The van der Waals surface area contributed by atoms with Gasteiger partial charge in [0.05, 0.1) is 0 Å². The number of benzene rings is 3. The molecule has 2 heterocycles. The van der Waals surface area contributed by atoms with Crippen LogP contribution in [-0.2, 0) is 6.42 Å². The van der Waals surface area contributed by atoms with Crippen molar-refractivity contribution in [2.75, 3.05) is 42.8 Å². The van der Waals surface area contributed by atoms with E-state index >= 15 is 0 Å². The summed E-state index contributed by atoms with van der Waals surface area (Å²) in [5.74, 6) is 0.586. The lowest BCUT2D eigenvalue weighted by Crippen LogP contribution is -2.39. The zero-order valence-corrected chi connectivity index (χ0v) is 21.7. The van der Waals surface area contributed by atoms with Gasteiger partial charge in [0, 0.05) is 47.8 Å². The number of anilines is 3. The van der Waals surface area contributed by atoms with Gasteiger partial charge in [-0.15, -0.1) is 0 Å². The Kier molecular flexibility index (Phi) is 7.27. The van der Waals surface area contributed by atoms with E-state index in [0.717, 1.165) is 29.7 Å². The van der Waals surface area contributed by atoms with Crippen molar-refractivity contribution in [3.8, 4) is 11.5 Å². The van der Waals surface area contributed by atoms with Crippen LogP contribution in [0.15, 0.2) is 54.6 Å². The van der Waals surface area contributed by atoms with Crippen molar-refractivity contribution in [2.45, 2.75) is 25.8 Å². The number of rotatable bonds is 6. The van der Waals surface area contributed by atoms with Crippen LogP contribution >= 0.6 is 0 Å². The monoisotopic (exact) mass is 530 g/mol. The van der Waals surface area contributed by atoms with Gasteiger partial charge in [0.15, 0.2) is 11.5 Å². The molecule has 0 spiro atoms. The van der Waals surface area contributed by atoms with Crippen molar-refractivity contribution in [3.05, 3.63) is 76.9 Å². The van der Waals surface area contributed by atoms with Gasteiger partial charge in [-0.05, 0) is 79.4 Å². The molecule has 3 aromatic rings. The summed E-state index contributed by atoms with van der Waals surface area (Å²) in [6.45, 7) is 3.18. The first-order chi connectivity index (χ1) is 18.8. The molecular weight excluding hydrogens is 500 g/mol. The predicted octanol–water partition coefficient (Wildman–Crippen LogP) is 4.61. The highest BCUT2D eigenvalue weighted by molar-refractivity contribution is 6.07. The molecule has 10 heteroatoms. The molecule has 3 aromatic carbocycles. The van der Waals surface area contributed by atoms with E-state index in [2.05, 4.69) is 16.0 Å². The van der Waals surface area contributed by atoms with Crippen LogP contribution in [0.25, 0.3) is 0 Å².